The van der Waals surface area contributed by atoms with Gasteiger partial charge in [-0.15, -0.1) is 0 Å². The topological polar surface area (TPSA) is 29.5 Å². The third kappa shape index (κ3) is 3.16. The molecular formula is C21H22ClNO2. The summed E-state index contributed by atoms with van der Waals surface area (Å²) in [5.41, 5.74) is 2.00. The molecule has 0 aromatic heterocycles. The molecule has 1 atom stereocenters. The van der Waals surface area contributed by atoms with Crippen molar-refractivity contribution >= 4 is 23.1 Å². The van der Waals surface area contributed by atoms with Crippen molar-refractivity contribution in [2.45, 2.75) is 32.7 Å². The smallest absolute Gasteiger partial charge is 0.261 e. The molecule has 0 saturated carbocycles. The van der Waals surface area contributed by atoms with Gasteiger partial charge in [-0.05, 0) is 43.5 Å². The fourth-order valence-electron chi connectivity index (χ4n) is 3.25. The van der Waals surface area contributed by atoms with Crippen molar-refractivity contribution in [3.05, 3.63) is 76.5 Å². The Morgan fingerprint density at radius 1 is 1.16 bits per heavy atom. The zero-order valence-corrected chi connectivity index (χ0v) is 15.5. The number of carbonyl (C=O) groups excluding carboxylic acids is 1. The van der Waals surface area contributed by atoms with Crippen LogP contribution in [0.4, 0.5) is 0 Å². The summed E-state index contributed by atoms with van der Waals surface area (Å²) in [6.07, 6.45) is 0.754. The van der Waals surface area contributed by atoms with Crippen molar-refractivity contribution in [2.75, 3.05) is 6.73 Å². The van der Waals surface area contributed by atoms with Crippen LogP contribution in [0.25, 0.3) is 5.57 Å². The molecule has 0 bridgehead atoms. The van der Waals surface area contributed by atoms with E-state index in [0.717, 1.165) is 17.5 Å². The van der Waals surface area contributed by atoms with Crippen LogP contribution in [-0.4, -0.2) is 17.5 Å². The first-order chi connectivity index (χ1) is 12.0. The normalized spacial score (nSPS) is 17.3. The maximum absolute atomic E-state index is 13.4. The number of amides is 1. The first-order valence-electron chi connectivity index (χ1n) is 8.44. The third-order valence-corrected chi connectivity index (χ3v) is 5.25. The summed E-state index contributed by atoms with van der Waals surface area (Å²) in [5.74, 6) is 0.649. The molecule has 0 aliphatic carbocycles. The number of hydrogen-bond acceptors (Lipinski definition) is 2. The lowest BCUT2D eigenvalue weighted by molar-refractivity contribution is -0.140. The number of hydrogen-bond donors (Lipinski definition) is 0. The van der Waals surface area contributed by atoms with Crippen LogP contribution in [0.2, 0.25) is 5.02 Å². The molecule has 2 aromatic carbocycles. The Labute approximate surface area is 153 Å². The van der Waals surface area contributed by atoms with Crippen molar-refractivity contribution in [1.82, 2.24) is 4.90 Å². The molecule has 0 saturated heterocycles. The number of allylic oxidation sites excluding steroid dienone is 1. The molecule has 0 N–H and O–H groups in total. The molecule has 2 aromatic rings. The van der Waals surface area contributed by atoms with E-state index in [1.165, 1.54) is 0 Å². The number of benzene rings is 2. The molecule has 1 amide bonds. The van der Waals surface area contributed by atoms with E-state index in [4.69, 9.17) is 16.3 Å². The third-order valence-electron chi connectivity index (χ3n) is 5.01. The van der Waals surface area contributed by atoms with Gasteiger partial charge in [-0.25, -0.2) is 0 Å². The molecule has 1 aliphatic rings. The average molecular weight is 356 g/mol. The molecule has 0 radical (unpaired) electrons. The van der Waals surface area contributed by atoms with Crippen LogP contribution in [0.3, 0.4) is 0 Å². The number of nitrogens with zero attached hydrogens (tertiary/aromatic N) is 1. The van der Waals surface area contributed by atoms with Crippen molar-refractivity contribution in [3.8, 4) is 0 Å². The lowest BCUT2D eigenvalue weighted by atomic mass is 9.86. The van der Waals surface area contributed by atoms with E-state index in [9.17, 15) is 4.79 Å². The Hall–Kier alpha value is -2.26. The summed E-state index contributed by atoms with van der Waals surface area (Å²) in [7, 11) is 0. The van der Waals surface area contributed by atoms with Gasteiger partial charge in [-0.3, -0.25) is 9.69 Å². The van der Waals surface area contributed by atoms with E-state index in [1.54, 1.807) is 4.90 Å². The van der Waals surface area contributed by atoms with Crippen molar-refractivity contribution < 1.29 is 9.53 Å². The fraction of sp³-hybridized carbons (Fsp3) is 0.286. The Kier molecular flexibility index (Phi) is 4.87. The van der Waals surface area contributed by atoms with Gasteiger partial charge in [0.2, 0.25) is 0 Å². The molecule has 3 rings (SSSR count). The Bertz CT molecular complexity index is 816. The summed E-state index contributed by atoms with van der Waals surface area (Å²) < 4.78 is 5.88. The zero-order chi connectivity index (χ0) is 18.0. The van der Waals surface area contributed by atoms with E-state index >= 15 is 0 Å². The van der Waals surface area contributed by atoms with Gasteiger partial charge >= 0.3 is 0 Å². The monoisotopic (exact) mass is 355 g/mol. The summed E-state index contributed by atoms with van der Waals surface area (Å²) in [5, 5.41) is 0.664. The predicted octanol–water partition coefficient (Wildman–Crippen LogP) is 5.21. The van der Waals surface area contributed by atoms with E-state index in [0.29, 0.717) is 16.4 Å². The van der Waals surface area contributed by atoms with Gasteiger partial charge in [0, 0.05) is 5.02 Å². The molecule has 0 fully saturated rings. The standard InChI is InChI=1S/C21H22ClNO2/c1-4-21(3,17-11-8-12-18(22)13-17)23-14-25-15(2)19(20(23)24)16-9-6-5-7-10-16/h5-13H,4,14H2,1-3H3. The van der Waals surface area contributed by atoms with Gasteiger partial charge in [0.15, 0.2) is 6.73 Å². The highest BCUT2D eigenvalue weighted by Gasteiger charge is 2.40. The maximum atomic E-state index is 13.4. The molecule has 0 spiro atoms. The van der Waals surface area contributed by atoms with Crippen LogP contribution in [0.5, 0.6) is 0 Å². The number of rotatable bonds is 4. The SMILES string of the molecule is CCC(C)(c1cccc(Cl)c1)N1COC(C)=C(c2ccccc2)C1=O. The van der Waals surface area contributed by atoms with Crippen LogP contribution in [0.1, 0.15) is 38.3 Å². The second-order valence-corrected chi connectivity index (χ2v) is 6.88. The van der Waals surface area contributed by atoms with Crippen LogP contribution < -0.4 is 0 Å². The van der Waals surface area contributed by atoms with E-state index in [1.807, 2.05) is 61.5 Å². The molecule has 1 aliphatic heterocycles. The van der Waals surface area contributed by atoms with E-state index < -0.39 is 5.54 Å². The van der Waals surface area contributed by atoms with Gasteiger partial charge in [-0.2, -0.15) is 0 Å². The maximum Gasteiger partial charge on any atom is 0.261 e. The minimum Gasteiger partial charge on any atom is -0.477 e. The number of ether oxygens (including phenoxy) is 1. The van der Waals surface area contributed by atoms with Gasteiger partial charge in [0.25, 0.3) is 5.91 Å². The van der Waals surface area contributed by atoms with E-state index in [-0.39, 0.29) is 12.6 Å². The van der Waals surface area contributed by atoms with Crippen LogP contribution in [-0.2, 0) is 15.1 Å². The Morgan fingerprint density at radius 2 is 1.88 bits per heavy atom. The van der Waals surface area contributed by atoms with Gasteiger partial charge in [0.05, 0.1) is 11.1 Å². The Balaban J connectivity index is 2.04. The lowest BCUT2D eigenvalue weighted by Crippen LogP contribution is -2.50. The van der Waals surface area contributed by atoms with Crippen molar-refractivity contribution in [3.63, 3.8) is 0 Å². The van der Waals surface area contributed by atoms with Gasteiger partial charge in [-0.1, -0.05) is 61.0 Å². The van der Waals surface area contributed by atoms with Crippen LogP contribution >= 0.6 is 11.6 Å². The lowest BCUT2D eigenvalue weighted by Gasteiger charge is -2.43. The summed E-state index contributed by atoms with van der Waals surface area (Å²) in [6, 6.07) is 17.4. The molecule has 3 nitrogen and oxygen atoms in total. The van der Waals surface area contributed by atoms with Crippen LogP contribution in [0.15, 0.2) is 60.4 Å². The summed E-state index contributed by atoms with van der Waals surface area (Å²) in [6.45, 7) is 6.21. The average Bonchev–Trinajstić information content (AvgIpc) is 2.62. The van der Waals surface area contributed by atoms with Crippen LogP contribution in [0, 0.1) is 0 Å². The zero-order valence-electron chi connectivity index (χ0n) is 14.8. The van der Waals surface area contributed by atoms with E-state index in [2.05, 4.69) is 13.8 Å². The summed E-state index contributed by atoms with van der Waals surface area (Å²) in [4.78, 5) is 15.2. The number of halogens is 1. The molecule has 1 heterocycles. The first kappa shape index (κ1) is 17.6. The highest BCUT2D eigenvalue weighted by atomic mass is 35.5. The predicted molar refractivity (Wildman–Crippen MR) is 101 cm³/mol. The molecule has 1 unspecified atom stereocenters. The van der Waals surface area contributed by atoms with Crippen molar-refractivity contribution in [1.29, 1.82) is 0 Å². The molecule has 4 heteroatoms. The quantitative estimate of drug-likeness (QED) is 0.753. The first-order valence-corrected chi connectivity index (χ1v) is 8.82. The highest BCUT2D eigenvalue weighted by Crippen LogP contribution is 2.38. The second-order valence-electron chi connectivity index (χ2n) is 6.44. The van der Waals surface area contributed by atoms with Gasteiger partial charge < -0.3 is 4.74 Å². The Morgan fingerprint density at radius 3 is 2.52 bits per heavy atom. The number of carbonyl (C=O) groups is 1. The fourth-order valence-corrected chi connectivity index (χ4v) is 3.44. The molecule has 130 valence electrons. The highest BCUT2D eigenvalue weighted by molar-refractivity contribution is 6.30. The minimum absolute atomic E-state index is 0.0146. The molecular weight excluding hydrogens is 334 g/mol. The largest absolute Gasteiger partial charge is 0.477 e. The minimum atomic E-state index is -0.497. The second kappa shape index (κ2) is 6.93. The van der Waals surface area contributed by atoms with Gasteiger partial charge in [0.1, 0.15) is 5.76 Å². The summed E-state index contributed by atoms with van der Waals surface area (Å²) >= 11 is 6.19. The van der Waals surface area contributed by atoms with Crippen molar-refractivity contribution in [2.24, 2.45) is 0 Å². The molecule has 25 heavy (non-hydrogen) atoms.